The Morgan fingerprint density at radius 1 is 1.28 bits per heavy atom. The number of hydrogen-bond acceptors (Lipinski definition) is 4. The van der Waals surface area contributed by atoms with Crippen LogP contribution in [-0.2, 0) is 0 Å². The minimum Gasteiger partial charge on any atom is -0.494 e. The normalized spacial score (nSPS) is 17.3. The van der Waals surface area contributed by atoms with Crippen molar-refractivity contribution in [1.82, 2.24) is 9.88 Å². The summed E-state index contributed by atoms with van der Waals surface area (Å²) in [5.41, 5.74) is 1.51. The minimum atomic E-state index is -0.504. The molecule has 1 aromatic heterocycles. The van der Waals surface area contributed by atoms with Crippen LogP contribution < -0.4 is 15.0 Å². The molecule has 1 atom stereocenters. The molecule has 2 aromatic rings. The van der Waals surface area contributed by atoms with E-state index in [0.717, 1.165) is 12.2 Å². The van der Waals surface area contributed by atoms with Crippen LogP contribution in [0, 0.1) is 5.82 Å². The van der Waals surface area contributed by atoms with Crippen molar-refractivity contribution in [3.63, 3.8) is 0 Å². The summed E-state index contributed by atoms with van der Waals surface area (Å²) in [7, 11) is 1.40. The summed E-state index contributed by atoms with van der Waals surface area (Å²) in [5, 5.41) is 2.74. The van der Waals surface area contributed by atoms with Crippen molar-refractivity contribution >= 4 is 17.4 Å². The number of carbonyl (C=O) groups excluding carboxylic acids is 1. The molecule has 1 N–H and O–H groups in total. The number of pyridine rings is 1. The molecule has 0 aliphatic carbocycles. The Hall–Kier alpha value is -2.83. The van der Waals surface area contributed by atoms with Crippen molar-refractivity contribution in [3.8, 4) is 5.75 Å². The fraction of sp³-hybridized carbons (Fsp3) is 0.333. The highest BCUT2D eigenvalue weighted by molar-refractivity contribution is 5.89. The number of methoxy groups -OCH3 is 1. The highest BCUT2D eigenvalue weighted by Gasteiger charge is 2.27. The topological polar surface area (TPSA) is 57.7 Å². The molecule has 1 aliphatic rings. The van der Waals surface area contributed by atoms with Crippen molar-refractivity contribution in [2.24, 2.45) is 0 Å². The third-order valence-electron chi connectivity index (χ3n) is 4.31. The van der Waals surface area contributed by atoms with E-state index in [2.05, 4.69) is 22.1 Å². The van der Waals surface area contributed by atoms with E-state index in [0.29, 0.717) is 18.8 Å². The molecule has 0 spiro atoms. The molecule has 1 saturated heterocycles. The fourth-order valence-electron chi connectivity index (χ4n) is 3.01. The number of anilines is 2. The van der Waals surface area contributed by atoms with Crippen LogP contribution in [0.1, 0.15) is 6.92 Å². The quantitative estimate of drug-likeness (QED) is 0.930. The Kier molecular flexibility index (Phi) is 5.02. The Morgan fingerprint density at radius 2 is 2.04 bits per heavy atom. The second-order valence-electron chi connectivity index (χ2n) is 5.97. The van der Waals surface area contributed by atoms with Crippen molar-refractivity contribution in [2.75, 3.05) is 37.0 Å². The SMILES string of the molecule is COc1ccc(NC(=O)N2CCN(c3ccncc3)C(C)C2)cc1F. The van der Waals surface area contributed by atoms with Crippen molar-refractivity contribution in [3.05, 3.63) is 48.5 Å². The van der Waals surface area contributed by atoms with Gasteiger partial charge < -0.3 is 19.9 Å². The third-order valence-corrected chi connectivity index (χ3v) is 4.31. The van der Waals surface area contributed by atoms with E-state index in [9.17, 15) is 9.18 Å². The van der Waals surface area contributed by atoms with Gasteiger partial charge in [0.05, 0.1) is 7.11 Å². The molecule has 25 heavy (non-hydrogen) atoms. The predicted octanol–water partition coefficient (Wildman–Crippen LogP) is 2.97. The lowest BCUT2D eigenvalue weighted by atomic mass is 10.1. The van der Waals surface area contributed by atoms with Crippen LogP contribution in [0.3, 0.4) is 0 Å². The number of nitrogens with one attached hydrogen (secondary N) is 1. The van der Waals surface area contributed by atoms with Gasteiger partial charge in [0.15, 0.2) is 11.6 Å². The summed E-state index contributed by atoms with van der Waals surface area (Å²) in [5.74, 6) is -0.353. The van der Waals surface area contributed by atoms with E-state index in [1.54, 1.807) is 23.4 Å². The zero-order chi connectivity index (χ0) is 17.8. The number of rotatable bonds is 3. The Morgan fingerprint density at radius 3 is 2.68 bits per heavy atom. The van der Waals surface area contributed by atoms with Crippen LogP contribution in [0.4, 0.5) is 20.6 Å². The monoisotopic (exact) mass is 344 g/mol. The second-order valence-corrected chi connectivity index (χ2v) is 5.97. The Balaban J connectivity index is 1.62. The molecule has 1 aliphatic heterocycles. The maximum absolute atomic E-state index is 13.7. The molecule has 132 valence electrons. The lowest BCUT2D eigenvalue weighted by Gasteiger charge is -2.41. The molecule has 2 amide bonds. The van der Waals surface area contributed by atoms with Crippen LogP contribution >= 0.6 is 0 Å². The average molecular weight is 344 g/mol. The fourth-order valence-corrected chi connectivity index (χ4v) is 3.01. The second kappa shape index (κ2) is 7.38. The van der Waals surface area contributed by atoms with E-state index >= 15 is 0 Å². The first kappa shape index (κ1) is 17.0. The lowest BCUT2D eigenvalue weighted by Crippen LogP contribution is -2.54. The first-order valence-corrected chi connectivity index (χ1v) is 8.14. The van der Waals surface area contributed by atoms with Crippen molar-refractivity contribution < 1.29 is 13.9 Å². The largest absolute Gasteiger partial charge is 0.494 e. The summed E-state index contributed by atoms with van der Waals surface area (Å²) in [6, 6.07) is 8.25. The Bertz CT molecular complexity index is 741. The van der Waals surface area contributed by atoms with Gasteiger partial charge in [-0.2, -0.15) is 0 Å². The van der Waals surface area contributed by atoms with E-state index in [1.807, 2.05) is 12.1 Å². The molecular weight excluding hydrogens is 323 g/mol. The van der Waals surface area contributed by atoms with Gasteiger partial charge in [-0.15, -0.1) is 0 Å². The molecule has 1 fully saturated rings. The minimum absolute atomic E-state index is 0.151. The summed E-state index contributed by atoms with van der Waals surface area (Å²) < 4.78 is 18.6. The number of urea groups is 1. The summed E-state index contributed by atoms with van der Waals surface area (Å²) in [6.45, 7) is 3.99. The molecule has 0 saturated carbocycles. The van der Waals surface area contributed by atoms with Crippen LogP contribution in [0.2, 0.25) is 0 Å². The molecule has 2 heterocycles. The zero-order valence-corrected chi connectivity index (χ0v) is 14.3. The molecule has 1 unspecified atom stereocenters. The van der Waals surface area contributed by atoms with E-state index < -0.39 is 5.82 Å². The number of aromatic nitrogens is 1. The first-order chi connectivity index (χ1) is 12.1. The van der Waals surface area contributed by atoms with Gasteiger partial charge in [0, 0.05) is 55.5 Å². The first-order valence-electron chi connectivity index (χ1n) is 8.14. The number of hydrogen-bond donors (Lipinski definition) is 1. The highest BCUT2D eigenvalue weighted by atomic mass is 19.1. The smallest absolute Gasteiger partial charge is 0.321 e. The van der Waals surface area contributed by atoms with Gasteiger partial charge in [0.1, 0.15) is 0 Å². The number of piperazine rings is 1. The predicted molar refractivity (Wildman–Crippen MR) is 94.6 cm³/mol. The maximum Gasteiger partial charge on any atom is 0.321 e. The molecule has 0 bridgehead atoms. The number of amides is 2. The molecule has 7 heteroatoms. The number of benzene rings is 1. The molecule has 3 rings (SSSR count). The Labute approximate surface area is 146 Å². The number of nitrogens with zero attached hydrogens (tertiary/aromatic N) is 3. The van der Waals surface area contributed by atoms with Crippen LogP contribution in [0.5, 0.6) is 5.75 Å². The molecule has 6 nitrogen and oxygen atoms in total. The summed E-state index contributed by atoms with van der Waals surface area (Å²) >= 11 is 0. The van der Waals surface area contributed by atoms with Crippen LogP contribution in [-0.4, -0.2) is 48.7 Å². The average Bonchev–Trinajstić information content (AvgIpc) is 2.62. The van der Waals surface area contributed by atoms with E-state index in [-0.39, 0.29) is 17.8 Å². The lowest BCUT2D eigenvalue weighted by molar-refractivity contribution is 0.200. The maximum atomic E-state index is 13.7. The van der Waals surface area contributed by atoms with E-state index in [4.69, 9.17) is 4.74 Å². The molecular formula is C18H21FN4O2. The molecule has 1 aromatic carbocycles. The number of halogens is 1. The molecule has 0 radical (unpaired) electrons. The van der Waals surface area contributed by atoms with Crippen molar-refractivity contribution in [1.29, 1.82) is 0 Å². The van der Waals surface area contributed by atoms with Gasteiger partial charge >= 0.3 is 6.03 Å². The van der Waals surface area contributed by atoms with Crippen LogP contribution in [0.25, 0.3) is 0 Å². The standard InChI is InChI=1S/C18H21FN4O2/c1-13-12-22(9-10-23(13)15-5-7-20-8-6-15)18(24)21-14-3-4-17(25-2)16(19)11-14/h3-8,11,13H,9-10,12H2,1-2H3,(H,21,24). The van der Waals surface area contributed by atoms with Gasteiger partial charge in [-0.25, -0.2) is 9.18 Å². The summed E-state index contributed by atoms with van der Waals surface area (Å²) in [4.78, 5) is 20.5. The number of ether oxygens (including phenoxy) is 1. The van der Waals surface area contributed by atoms with Gasteiger partial charge in [-0.1, -0.05) is 0 Å². The zero-order valence-electron chi connectivity index (χ0n) is 14.3. The number of carbonyl (C=O) groups is 1. The van der Waals surface area contributed by atoms with Gasteiger partial charge in [-0.05, 0) is 31.2 Å². The van der Waals surface area contributed by atoms with Gasteiger partial charge in [0.25, 0.3) is 0 Å². The van der Waals surface area contributed by atoms with Crippen molar-refractivity contribution in [2.45, 2.75) is 13.0 Å². The van der Waals surface area contributed by atoms with Gasteiger partial charge in [0.2, 0.25) is 0 Å². The highest BCUT2D eigenvalue weighted by Crippen LogP contribution is 2.22. The van der Waals surface area contributed by atoms with Crippen LogP contribution in [0.15, 0.2) is 42.7 Å². The third kappa shape index (κ3) is 3.81. The van der Waals surface area contributed by atoms with E-state index in [1.165, 1.54) is 19.2 Å². The summed E-state index contributed by atoms with van der Waals surface area (Å²) in [6.07, 6.45) is 3.53. The van der Waals surface area contributed by atoms with Gasteiger partial charge in [-0.3, -0.25) is 4.98 Å².